The van der Waals surface area contributed by atoms with Crippen molar-refractivity contribution in [2.24, 2.45) is 5.92 Å². The molecule has 26 heavy (non-hydrogen) atoms. The number of hydrogen-bond donors (Lipinski definition) is 0. The van der Waals surface area contributed by atoms with E-state index in [4.69, 9.17) is 4.98 Å². The Hall–Kier alpha value is -1.75. The first-order valence-electron chi connectivity index (χ1n) is 9.50. The average Bonchev–Trinajstić information content (AvgIpc) is 3.24. The Morgan fingerprint density at radius 1 is 1.15 bits per heavy atom. The Kier molecular flexibility index (Phi) is 6.07. The number of carbonyl (C=O) groups excluding carboxylic acids is 1. The van der Waals surface area contributed by atoms with Gasteiger partial charge in [0, 0.05) is 36.6 Å². The van der Waals surface area contributed by atoms with Crippen molar-refractivity contribution < 1.29 is 4.79 Å². The van der Waals surface area contributed by atoms with E-state index < -0.39 is 0 Å². The van der Waals surface area contributed by atoms with Crippen LogP contribution in [0.25, 0.3) is 0 Å². The highest BCUT2D eigenvalue weighted by Gasteiger charge is 2.19. The number of imidazole rings is 1. The first-order valence-corrected chi connectivity index (χ1v) is 10.5. The molecule has 1 aliphatic heterocycles. The zero-order valence-electron chi connectivity index (χ0n) is 16.3. The van der Waals surface area contributed by atoms with Crippen molar-refractivity contribution in [3.8, 4) is 0 Å². The van der Waals surface area contributed by atoms with E-state index in [-0.39, 0.29) is 5.91 Å². The molecular weight excluding hydrogens is 342 g/mol. The van der Waals surface area contributed by atoms with Crippen LogP contribution in [0.2, 0.25) is 0 Å². The molecule has 0 atom stereocenters. The summed E-state index contributed by atoms with van der Waals surface area (Å²) >= 11 is 1.77. The fourth-order valence-electron chi connectivity index (χ4n) is 3.31. The Labute approximate surface area is 161 Å². The molecule has 1 aliphatic rings. The summed E-state index contributed by atoms with van der Waals surface area (Å²) in [4.78, 5) is 19.1. The number of nitrogens with zero attached hydrogens (tertiary/aromatic N) is 3. The number of hydrogen-bond acceptors (Lipinski definition) is 3. The van der Waals surface area contributed by atoms with Gasteiger partial charge in [0.25, 0.3) is 5.91 Å². The van der Waals surface area contributed by atoms with Crippen LogP contribution in [0, 0.1) is 19.8 Å². The molecule has 0 unspecified atom stereocenters. The van der Waals surface area contributed by atoms with Gasteiger partial charge in [-0.1, -0.05) is 37.7 Å². The molecule has 1 amide bonds. The zero-order valence-corrected chi connectivity index (χ0v) is 17.1. The third-order valence-electron chi connectivity index (χ3n) is 4.93. The lowest BCUT2D eigenvalue weighted by Gasteiger charge is -2.15. The molecule has 2 heterocycles. The minimum Gasteiger partial charge on any atom is -0.339 e. The highest BCUT2D eigenvalue weighted by molar-refractivity contribution is 7.98. The van der Waals surface area contributed by atoms with Crippen molar-refractivity contribution in [1.29, 1.82) is 0 Å². The Morgan fingerprint density at radius 3 is 2.42 bits per heavy atom. The minimum absolute atomic E-state index is 0.167. The van der Waals surface area contributed by atoms with Crippen LogP contribution >= 0.6 is 11.8 Å². The molecule has 1 aromatic carbocycles. The van der Waals surface area contributed by atoms with Gasteiger partial charge in [0.05, 0.1) is 5.69 Å². The number of aromatic nitrogens is 2. The molecule has 0 radical (unpaired) electrons. The van der Waals surface area contributed by atoms with E-state index in [1.165, 1.54) is 11.3 Å². The lowest BCUT2D eigenvalue weighted by Crippen LogP contribution is -2.27. The Morgan fingerprint density at radius 2 is 1.81 bits per heavy atom. The summed E-state index contributed by atoms with van der Waals surface area (Å²) in [5, 5.41) is 1.09. The van der Waals surface area contributed by atoms with Crippen molar-refractivity contribution >= 4 is 17.7 Å². The second-order valence-electron chi connectivity index (χ2n) is 7.55. The van der Waals surface area contributed by atoms with Gasteiger partial charge in [-0.2, -0.15) is 0 Å². The number of rotatable bonds is 6. The summed E-state index contributed by atoms with van der Waals surface area (Å²) < 4.78 is 2.33. The van der Waals surface area contributed by atoms with Crippen LogP contribution in [0.3, 0.4) is 0 Å². The minimum atomic E-state index is 0.167. The largest absolute Gasteiger partial charge is 0.339 e. The van der Waals surface area contributed by atoms with Gasteiger partial charge in [-0.3, -0.25) is 4.79 Å². The standard InChI is InChI=1S/C21H29N3OS/c1-15(2)13-24-17(4)16(3)22-21(24)26-14-18-7-9-19(10-8-18)20(25)23-11-5-6-12-23/h7-10,15H,5-6,11-14H2,1-4H3. The number of thioether (sulfide) groups is 1. The van der Waals surface area contributed by atoms with Crippen LogP contribution in [-0.4, -0.2) is 33.4 Å². The van der Waals surface area contributed by atoms with E-state index in [0.29, 0.717) is 5.92 Å². The number of benzene rings is 1. The summed E-state index contributed by atoms with van der Waals surface area (Å²) in [7, 11) is 0. The molecule has 5 heteroatoms. The fourth-order valence-corrected chi connectivity index (χ4v) is 4.37. The second kappa shape index (κ2) is 8.30. The Bertz CT molecular complexity index is 758. The zero-order chi connectivity index (χ0) is 18.7. The normalized spacial score (nSPS) is 14.4. The van der Waals surface area contributed by atoms with Gasteiger partial charge in [0.2, 0.25) is 0 Å². The lowest BCUT2D eigenvalue weighted by molar-refractivity contribution is 0.0793. The van der Waals surface area contributed by atoms with Gasteiger partial charge >= 0.3 is 0 Å². The smallest absolute Gasteiger partial charge is 0.253 e. The van der Waals surface area contributed by atoms with Crippen molar-refractivity contribution in [2.45, 2.75) is 58.0 Å². The highest BCUT2D eigenvalue weighted by Crippen LogP contribution is 2.26. The van der Waals surface area contributed by atoms with Gasteiger partial charge in [0.15, 0.2) is 5.16 Å². The number of amides is 1. The van der Waals surface area contributed by atoms with Gasteiger partial charge in [0.1, 0.15) is 0 Å². The predicted octanol–water partition coefficient (Wildman–Crippen LogP) is 4.68. The molecule has 0 N–H and O–H groups in total. The van der Waals surface area contributed by atoms with E-state index >= 15 is 0 Å². The average molecular weight is 372 g/mol. The van der Waals surface area contributed by atoms with Crippen molar-refractivity contribution in [1.82, 2.24) is 14.5 Å². The molecule has 140 valence electrons. The van der Waals surface area contributed by atoms with Gasteiger partial charge in [-0.25, -0.2) is 4.98 Å². The van der Waals surface area contributed by atoms with Crippen molar-refractivity contribution in [3.63, 3.8) is 0 Å². The summed E-state index contributed by atoms with van der Waals surface area (Å²) in [6.07, 6.45) is 2.25. The summed E-state index contributed by atoms with van der Waals surface area (Å²) in [5.74, 6) is 1.63. The van der Waals surface area contributed by atoms with E-state index in [1.807, 2.05) is 17.0 Å². The van der Waals surface area contributed by atoms with Crippen LogP contribution in [-0.2, 0) is 12.3 Å². The van der Waals surface area contributed by atoms with Gasteiger partial charge < -0.3 is 9.47 Å². The number of likely N-dealkylation sites (tertiary alicyclic amines) is 1. The second-order valence-corrected chi connectivity index (χ2v) is 8.50. The predicted molar refractivity (Wildman–Crippen MR) is 108 cm³/mol. The molecular formula is C21H29N3OS. The topological polar surface area (TPSA) is 38.1 Å². The molecule has 0 bridgehead atoms. The van der Waals surface area contributed by atoms with Crippen LogP contribution < -0.4 is 0 Å². The summed E-state index contributed by atoms with van der Waals surface area (Å²) in [6.45, 7) is 11.5. The molecule has 0 aliphatic carbocycles. The summed E-state index contributed by atoms with van der Waals surface area (Å²) in [6, 6.07) is 8.08. The first kappa shape index (κ1) is 19.0. The molecule has 1 fully saturated rings. The van der Waals surface area contributed by atoms with Gasteiger partial charge in [-0.05, 0) is 50.3 Å². The van der Waals surface area contributed by atoms with Crippen LogP contribution in [0.5, 0.6) is 0 Å². The van der Waals surface area contributed by atoms with Crippen LogP contribution in [0.1, 0.15) is 54.0 Å². The number of aryl methyl sites for hydroxylation is 1. The molecule has 2 aromatic rings. The van der Waals surface area contributed by atoms with Crippen molar-refractivity contribution in [2.75, 3.05) is 13.1 Å². The van der Waals surface area contributed by atoms with E-state index in [2.05, 4.69) is 44.4 Å². The maximum atomic E-state index is 12.4. The van der Waals surface area contributed by atoms with Crippen molar-refractivity contribution in [3.05, 3.63) is 46.8 Å². The monoisotopic (exact) mass is 371 g/mol. The third-order valence-corrected chi connectivity index (χ3v) is 5.98. The maximum absolute atomic E-state index is 12.4. The van der Waals surface area contributed by atoms with E-state index in [9.17, 15) is 4.79 Å². The maximum Gasteiger partial charge on any atom is 0.253 e. The third kappa shape index (κ3) is 4.32. The molecule has 4 nitrogen and oxygen atoms in total. The first-order chi connectivity index (χ1) is 12.5. The van der Waals surface area contributed by atoms with Gasteiger partial charge in [-0.15, -0.1) is 0 Å². The Balaban J connectivity index is 1.65. The quantitative estimate of drug-likeness (QED) is 0.692. The molecule has 3 rings (SSSR count). The summed E-state index contributed by atoms with van der Waals surface area (Å²) in [5.41, 5.74) is 4.39. The molecule has 0 spiro atoms. The lowest BCUT2D eigenvalue weighted by atomic mass is 10.1. The SMILES string of the molecule is Cc1nc(SCc2ccc(C(=O)N3CCCC3)cc2)n(CC(C)C)c1C. The molecule has 0 saturated carbocycles. The van der Waals surface area contributed by atoms with E-state index in [1.54, 1.807) is 11.8 Å². The van der Waals surface area contributed by atoms with E-state index in [0.717, 1.165) is 54.6 Å². The molecule has 1 saturated heterocycles. The highest BCUT2D eigenvalue weighted by atomic mass is 32.2. The van der Waals surface area contributed by atoms with Crippen LogP contribution in [0.4, 0.5) is 0 Å². The number of carbonyl (C=O) groups is 1. The van der Waals surface area contributed by atoms with Crippen LogP contribution in [0.15, 0.2) is 29.4 Å². The fraction of sp³-hybridized carbons (Fsp3) is 0.524. The molecule has 1 aromatic heterocycles.